The molecule has 114 valence electrons. The predicted molar refractivity (Wildman–Crippen MR) is 76.4 cm³/mol. The molecule has 2 rings (SSSR count). The maximum Gasteiger partial charge on any atom is 0.408 e. The van der Waals surface area contributed by atoms with Crippen molar-refractivity contribution in [2.24, 2.45) is 0 Å². The smallest absolute Gasteiger partial charge is 0.408 e. The molecular weight excluding hydrogens is 275 g/mol. The van der Waals surface area contributed by atoms with Crippen LogP contribution in [0.4, 0.5) is 9.18 Å². The van der Waals surface area contributed by atoms with E-state index >= 15 is 0 Å². The molecule has 6 heteroatoms. The minimum absolute atomic E-state index is 0.0755. The van der Waals surface area contributed by atoms with Gasteiger partial charge in [0.1, 0.15) is 11.3 Å². The Kier molecular flexibility index (Phi) is 3.65. The number of ether oxygens (including phenoxy) is 1. The topological polar surface area (TPSA) is 64.4 Å². The third kappa shape index (κ3) is 3.32. The van der Waals surface area contributed by atoms with Gasteiger partial charge in [0, 0.05) is 0 Å². The van der Waals surface area contributed by atoms with E-state index in [2.05, 4.69) is 10.5 Å². The Morgan fingerprint density at radius 1 is 1.29 bits per heavy atom. The lowest BCUT2D eigenvalue weighted by Gasteiger charge is -2.27. The Labute approximate surface area is 122 Å². The second-order valence-electron chi connectivity index (χ2n) is 6.40. The van der Waals surface area contributed by atoms with Gasteiger partial charge in [-0.2, -0.15) is 0 Å². The van der Waals surface area contributed by atoms with Gasteiger partial charge < -0.3 is 14.6 Å². The van der Waals surface area contributed by atoms with E-state index in [1.165, 1.54) is 6.07 Å². The van der Waals surface area contributed by atoms with E-state index in [9.17, 15) is 9.18 Å². The summed E-state index contributed by atoms with van der Waals surface area (Å²) in [6, 6.07) is 4.57. The van der Waals surface area contributed by atoms with Crippen LogP contribution in [0.15, 0.2) is 22.7 Å². The number of nitrogens with zero attached hydrogens (tertiary/aromatic N) is 1. The zero-order valence-electron chi connectivity index (χ0n) is 12.8. The second-order valence-corrected chi connectivity index (χ2v) is 6.40. The number of para-hydroxylation sites is 1. The number of nitrogens with one attached hydrogen (secondary N) is 1. The number of halogens is 1. The maximum absolute atomic E-state index is 13.6. The SMILES string of the molecule is CC(C)(C)OC(=O)NC(C)(C)c1noc2c(F)cccc12. The highest BCUT2D eigenvalue weighted by molar-refractivity contribution is 5.81. The van der Waals surface area contributed by atoms with Crippen molar-refractivity contribution in [1.29, 1.82) is 0 Å². The number of alkyl carbamates (subject to hydrolysis) is 1. The van der Waals surface area contributed by atoms with Crippen molar-refractivity contribution < 1.29 is 18.4 Å². The van der Waals surface area contributed by atoms with E-state index in [0.717, 1.165) is 0 Å². The summed E-state index contributed by atoms with van der Waals surface area (Å²) in [5, 5.41) is 7.14. The average Bonchev–Trinajstić information content (AvgIpc) is 2.71. The van der Waals surface area contributed by atoms with Gasteiger partial charge in [-0.3, -0.25) is 0 Å². The summed E-state index contributed by atoms with van der Waals surface area (Å²) in [6.07, 6.45) is -0.569. The molecule has 0 spiro atoms. The lowest BCUT2D eigenvalue weighted by atomic mass is 9.97. The van der Waals surface area contributed by atoms with Crippen molar-refractivity contribution in [1.82, 2.24) is 10.5 Å². The Hall–Kier alpha value is -2.11. The first-order valence-electron chi connectivity index (χ1n) is 6.66. The highest BCUT2D eigenvalue weighted by Gasteiger charge is 2.31. The average molecular weight is 294 g/mol. The molecule has 5 nitrogen and oxygen atoms in total. The number of carbonyl (C=O) groups excluding carboxylic acids is 1. The third-order valence-electron chi connectivity index (χ3n) is 2.86. The number of aromatic nitrogens is 1. The molecular formula is C15H19FN2O3. The minimum Gasteiger partial charge on any atom is -0.444 e. The van der Waals surface area contributed by atoms with Gasteiger partial charge in [0.15, 0.2) is 5.82 Å². The van der Waals surface area contributed by atoms with E-state index in [1.54, 1.807) is 46.8 Å². The van der Waals surface area contributed by atoms with Crippen LogP contribution in [0, 0.1) is 5.82 Å². The Bertz CT molecular complexity index is 671. The Morgan fingerprint density at radius 2 is 1.95 bits per heavy atom. The molecule has 0 atom stereocenters. The molecule has 0 saturated carbocycles. The summed E-state index contributed by atoms with van der Waals surface area (Å²) in [5.74, 6) is -0.487. The van der Waals surface area contributed by atoms with Crippen molar-refractivity contribution in [3.8, 4) is 0 Å². The van der Waals surface area contributed by atoms with Crippen molar-refractivity contribution in [2.45, 2.75) is 45.8 Å². The molecule has 1 amide bonds. The van der Waals surface area contributed by atoms with E-state index in [-0.39, 0.29) is 5.58 Å². The summed E-state index contributed by atoms with van der Waals surface area (Å²) in [7, 11) is 0. The van der Waals surface area contributed by atoms with E-state index in [1.807, 2.05) is 0 Å². The van der Waals surface area contributed by atoms with E-state index in [4.69, 9.17) is 9.26 Å². The Balaban J connectivity index is 2.30. The molecule has 1 aromatic heterocycles. The van der Waals surface area contributed by atoms with Gasteiger partial charge in [-0.05, 0) is 46.8 Å². The lowest BCUT2D eigenvalue weighted by molar-refractivity contribution is 0.0467. The van der Waals surface area contributed by atoms with Crippen molar-refractivity contribution >= 4 is 17.1 Å². The fraction of sp³-hybridized carbons (Fsp3) is 0.467. The summed E-state index contributed by atoms with van der Waals surface area (Å²) in [5.41, 5.74) is -0.936. The quantitative estimate of drug-likeness (QED) is 0.916. The zero-order valence-corrected chi connectivity index (χ0v) is 12.8. The van der Waals surface area contributed by atoms with Gasteiger partial charge in [-0.15, -0.1) is 0 Å². The van der Waals surface area contributed by atoms with Gasteiger partial charge >= 0.3 is 6.09 Å². The number of hydrogen-bond donors (Lipinski definition) is 1. The molecule has 21 heavy (non-hydrogen) atoms. The van der Waals surface area contributed by atoms with Crippen LogP contribution in [0.2, 0.25) is 0 Å². The molecule has 0 bridgehead atoms. The van der Waals surface area contributed by atoms with E-state index in [0.29, 0.717) is 11.1 Å². The molecule has 1 aromatic carbocycles. The predicted octanol–water partition coefficient (Wildman–Crippen LogP) is 3.73. The summed E-state index contributed by atoms with van der Waals surface area (Å²) in [4.78, 5) is 11.9. The molecule has 0 aliphatic rings. The molecule has 1 heterocycles. The van der Waals surface area contributed by atoms with Gasteiger partial charge in [-0.1, -0.05) is 11.2 Å². The minimum atomic E-state index is -0.860. The summed E-state index contributed by atoms with van der Waals surface area (Å²) >= 11 is 0. The first kappa shape index (κ1) is 15.3. The van der Waals surface area contributed by atoms with Crippen LogP contribution in [0.5, 0.6) is 0 Å². The second kappa shape index (κ2) is 5.02. The van der Waals surface area contributed by atoms with Gasteiger partial charge in [0.2, 0.25) is 5.58 Å². The molecule has 1 N–H and O–H groups in total. The number of fused-ring (bicyclic) bond motifs is 1. The van der Waals surface area contributed by atoms with Crippen LogP contribution in [0.3, 0.4) is 0 Å². The van der Waals surface area contributed by atoms with Gasteiger partial charge in [0.25, 0.3) is 0 Å². The highest BCUT2D eigenvalue weighted by atomic mass is 19.1. The largest absolute Gasteiger partial charge is 0.444 e. The summed E-state index contributed by atoms with van der Waals surface area (Å²) in [6.45, 7) is 8.83. The maximum atomic E-state index is 13.6. The van der Waals surface area contributed by atoms with Crippen LogP contribution < -0.4 is 5.32 Å². The first-order valence-corrected chi connectivity index (χ1v) is 6.66. The van der Waals surface area contributed by atoms with E-state index < -0.39 is 23.1 Å². The van der Waals surface area contributed by atoms with Crippen LogP contribution in [-0.2, 0) is 10.3 Å². The van der Waals surface area contributed by atoms with Crippen LogP contribution in [0.1, 0.15) is 40.3 Å². The lowest BCUT2D eigenvalue weighted by Crippen LogP contribution is -2.44. The van der Waals surface area contributed by atoms with Gasteiger partial charge in [0.05, 0.1) is 10.9 Å². The van der Waals surface area contributed by atoms with Gasteiger partial charge in [-0.25, -0.2) is 9.18 Å². The number of amides is 1. The van der Waals surface area contributed by atoms with Crippen LogP contribution in [-0.4, -0.2) is 16.9 Å². The number of hydrogen-bond acceptors (Lipinski definition) is 4. The Morgan fingerprint density at radius 3 is 2.57 bits per heavy atom. The third-order valence-corrected chi connectivity index (χ3v) is 2.86. The standard InChI is InChI=1S/C15H19FN2O3/c1-14(2,3)20-13(19)17-15(4,5)12-9-7-6-8-10(16)11(9)21-18-12/h6-8H,1-5H3,(H,17,19). The zero-order chi connectivity index (χ0) is 15.8. The molecule has 0 aliphatic carbocycles. The molecule has 0 saturated heterocycles. The fourth-order valence-corrected chi connectivity index (χ4v) is 2.00. The van der Waals surface area contributed by atoms with Crippen LogP contribution >= 0.6 is 0 Å². The monoisotopic (exact) mass is 294 g/mol. The molecule has 2 aromatic rings. The van der Waals surface area contributed by atoms with Crippen LogP contribution in [0.25, 0.3) is 11.0 Å². The summed E-state index contributed by atoms with van der Waals surface area (Å²) < 4.78 is 23.9. The van der Waals surface area contributed by atoms with Crippen molar-refractivity contribution in [3.05, 3.63) is 29.7 Å². The number of carbonyl (C=O) groups is 1. The first-order chi connectivity index (χ1) is 9.60. The normalized spacial score (nSPS) is 12.5. The van der Waals surface area contributed by atoms with Crippen molar-refractivity contribution in [3.63, 3.8) is 0 Å². The molecule has 0 aliphatic heterocycles. The molecule has 0 fully saturated rings. The molecule has 0 radical (unpaired) electrons. The van der Waals surface area contributed by atoms with Crippen molar-refractivity contribution in [2.75, 3.05) is 0 Å². The molecule has 0 unspecified atom stereocenters. The fourth-order valence-electron chi connectivity index (χ4n) is 2.00. The number of rotatable bonds is 2. The number of benzene rings is 1. The highest BCUT2D eigenvalue weighted by Crippen LogP contribution is 2.29.